The Balaban J connectivity index is 1.81. The van der Waals surface area contributed by atoms with Crippen LogP contribution >= 0.6 is 7.37 Å². The average Bonchev–Trinajstić information content (AvgIpc) is 3.69. The van der Waals surface area contributed by atoms with Crippen LogP contribution in [0.1, 0.15) is 93.1 Å². The van der Waals surface area contributed by atoms with E-state index in [0.717, 1.165) is 18.4 Å². The lowest BCUT2D eigenvalue weighted by molar-refractivity contribution is -0.146. The number of benzene rings is 1. The Bertz CT molecular complexity index is 1690. The number of Topliss-reactive ketones (excluding diaryl/α,β-unsaturated/α-hetero) is 1. The van der Waals surface area contributed by atoms with Crippen molar-refractivity contribution >= 4 is 37.0 Å². The van der Waals surface area contributed by atoms with Crippen LogP contribution < -0.4 is 0 Å². The van der Waals surface area contributed by atoms with Crippen LogP contribution in [0, 0.1) is 17.8 Å². The van der Waals surface area contributed by atoms with Gasteiger partial charge >= 0.3 is 6.09 Å². The molecule has 1 unspecified atom stereocenters. The standard InChI is InChI=1S/C46H79N6O9P/c1-15-32(4)41(49(11)43(55)40(31(2)3)47-44(48(9)10)50-24-26-51(27-25-50)45(56)61-46(6,7)8)38(59-12)30-39(54)52-23-19-22-36(52)42(60-13)33(5)37(53)29-35(62(14,57)58)28-34-20-17-16-18-21-34/h16-18,20-21,31-33,35-36,38,40-42H,15,19,22-30H2,1-14H3,(H,57,58)/t32-,33-,35+,36-,38+,40-,41-,42+/m0/s1. The lowest BCUT2D eigenvalue weighted by atomic mass is 9.88. The molecule has 62 heavy (non-hydrogen) atoms. The normalized spacial score (nSPS) is 20.7. The highest BCUT2D eigenvalue weighted by molar-refractivity contribution is 7.58. The number of nitrogens with zero attached hydrogens (tertiary/aromatic N) is 6. The maximum atomic E-state index is 14.7. The van der Waals surface area contributed by atoms with E-state index in [1.54, 1.807) is 42.9 Å². The number of aliphatic imine (C=N–C) groups is 1. The Hall–Kier alpha value is -3.52. The molecule has 352 valence electrons. The zero-order chi connectivity index (χ0) is 46.7. The zero-order valence-electron chi connectivity index (χ0n) is 40.2. The highest BCUT2D eigenvalue weighted by Crippen LogP contribution is 2.46. The first-order chi connectivity index (χ1) is 28.9. The number of piperazine rings is 1. The summed E-state index contributed by atoms with van der Waals surface area (Å²) < 4.78 is 30.7. The third kappa shape index (κ3) is 14.5. The summed E-state index contributed by atoms with van der Waals surface area (Å²) in [6.45, 7) is 19.2. The molecule has 15 nitrogen and oxygen atoms in total. The number of ether oxygens (including phenoxy) is 3. The number of ketones is 1. The van der Waals surface area contributed by atoms with Crippen LogP contribution in [0.2, 0.25) is 0 Å². The molecule has 3 amide bonds. The summed E-state index contributed by atoms with van der Waals surface area (Å²) in [6, 6.07) is 7.84. The SMILES string of the molecule is CC[C@H](C)[C@@H]([C@@H](CC(=O)N1CCC[C@H]1[C@H](OC)[C@@H](C)C(=O)C[C@@H](Cc1ccccc1)P(C)(=O)O)OC)N(C)C(=O)[C@@H](N=C(N(C)C)N1CCN(C(=O)OC(C)(C)C)CC1)C(C)C. The summed E-state index contributed by atoms with van der Waals surface area (Å²) in [5.74, 6) is -0.668. The molecule has 0 aromatic heterocycles. The molecule has 2 saturated heterocycles. The van der Waals surface area contributed by atoms with Crippen molar-refractivity contribution in [1.82, 2.24) is 24.5 Å². The summed E-state index contributed by atoms with van der Waals surface area (Å²) in [4.78, 5) is 80.6. The smallest absolute Gasteiger partial charge is 0.410 e. The van der Waals surface area contributed by atoms with Crippen LogP contribution in [0.15, 0.2) is 35.3 Å². The van der Waals surface area contributed by atoms with Crippen molar-refractivity contribution in [2.75, 3.05) is 74.8 Å². The molecule has 2 aliphatic rings. The molecule has 0 spiro atoms. The van der Waals surface area contributed by atoms with Crippen LogP contribution in [-0.2, 0) is 39.6 Å². The maximum absolute atomic E-state index is 14.7. The number of rotatable bonds is 19. The van der Waals surface area contributed by atoms with Gasteiger partial charge in [0.25, 0.3) is 0 Å². The fourth-order valence-corrected chi connectivity index (χ4v) is 9.84. The van der Waals surface area contributed by atoms with E-state index in [9.17, 15) is 28.6 Å². The van der Waals surface area contributed by atoms with Gasteiger partial charge in [0, 0.05) is 92.7 Å². The summed E-state index contributed by atoms with van der Waals surface area (Å²) in [7, 11) is 5.07. The van der Waals surface area contributed by atoms with E-state index in [1.807, 2.05) is 83.9 Å². The van der Waals surface area contributed by atoms with Crippen molar-refractivity contribution in [3.8, 4) is 0 Å². The minimum absolute atomic E-state index is 0.0154. The maximum Gasteiger partial charge on any atom is 0.410 e. The third-order valence-electron chi connectivity index (χ3n) is 12.5. The minimum Gasteiger partial charge on any atom is -0.444 e. The van der Waals surface area contributed by atoms with Crippen molar-refractivity contribution in [1.29, 1.82) is 0 Å². The fraction of sp³-hybridized carbons (Fsp3) is 0.761. The molecule has 0 aliphatic carbocycles. The van der Waals surface area contributed by atoms with Crippen LogP contribution in [0.4, 0.5) is 4.79 Å². The number of carbonyl (C=O) groups is 4. The number of guanidine groups is 1. The van der Waals surface area contributed by atoms with Gasteiger partial charge in [0.1, 0.15) is 17.4 Å². The van der Waals surface area contributed by atoms with Crippen molar-refractivity contribution < 1.29 is 42.8 Å². The molecule has 0 bridgehead atoms. The van der Waals surface area contributed by atoms with Gasteiger partial charge in [-0.25, -0.2) is 9.79 Å². The van der Waals surface area contributed by atoms with E-state index < -0.39 is 48.8 Å². The first-order valence-electron chi connectivity index (χ1n) is 22.4. The molecule has 2 fully saturated rings. The van der Waals surface area contributed by atoms with Gasteiger partial charge in [-0.1, -0.05) is 71.4 Å². The van der Waals surface area contributed by atoms with Crippen molar-refractivity contribution in [2.45, 2.75) is 136 Å². The number of carbonyl (C=O) groups excluding carboxylic acids is 4. The molecule has 2 heterocycles. The van der Waals surface area contributed by atoms with Gasteiger partial charge < -0.3 is 43.6 Å². The van der Waals surface area contributed by atoms with E-state index >= 15 is 0 Å². The number of likely N-dealkylation sites (tertiary alicyclic amines) is 1. The Kier molecular flexibility index (Phi) is 20.0. The number of hydrogen-bond acceptors (Lipinski definition) is 9. The van der Waals surface area contributed by atoms with Crippen molar-refractivity contribution in [3.63, 3.8) is 0 Å². The van der Waals surface area contributed by atoms with Gasteiger partial charge in [-0.15, -0.1) is 0 Å². The van der Waals surface area contributed by atoms with Gasteiger partial charge in [0.15, 0.2) is 5.96 Å². The molecule has 2 aliphatic heterocycles. The van der Waals surface area contributed by atoms with E-state index in [0.29, 0.717) is 51.5 Å². The highest BCUT2D eigenvalue weighted by atomic mass is 31.2. The fourth-order valence-electron chi connectivity index (χ4n) is 8.77. The van der Waals surface area contributed by atoms with Crippen LogP contribution in [0.3, 0.4) is 0 Å². The molecule has 9 atom stereocenters. The van der Waals surface area contributed by atoms with Crippen molar-refractivity contribution in [3.05, 3.63) is 35.9 Å². The highest BCUT2D eigenvalue weighted by Gasteiger charge is 2.43. The largest absolute Gasteiger partial charge is 0.444 e. The van der Waals surface area contributed by atoms with Crippen LogP contribution in [-0.4, -0.2) is 175 Å². The number of hydrogen-bond donors (Lipinski definition) is 1. The van der Waals surface area contributed by atoms with E-state index in [4.69, 9.17) is 19.2 Å². The lowest BCUT2D eigenvalue weighted by Gasteiger charge is -2.41. The Morgan fingerprint density at radius 2 is 1.52 bits per heavy atom. The minimum atomic E-state index is -3.62. The van der Waals surface area contributed by atoms with Crippen molar-refractivity contribution in [2.24, 2.45) is 22.7 Å². The Labute approximate surface area is 372 Å². The summed E-state index contributed by atoms with van der Waals surface area (Å²) in [5, 5.41) is 0. The number of methoxy groups -OCH3 is 2. The molecule has 0 radical (unpaired) electrons. The first kappa shape index (κ1) is 52.8. The van der Waals surface area contributed by atoms with Crippen LogP contribution in [0.25, 0.3) is 0 Å². The molecule has 1 N–H and O–H groups in total. The molecule has 0 saturated carbocycles. The molecular formula is C46H79N6O9P. The lowest BCUT2D eigenvalue weighted by Crippen LogP contribution is -2.56. The molecule has 1 aromatic carbocycles. The van der Waals surface area contributed by atoms with Crippen LogP contribution in [0.5, 0.6) is 0 Å². The second kappa shape index (κ2) is 23.4. The third-order valence-corrected chi connectivity index (χ3v) is 14.3. The Morgan fingerprint density at radius 3 is 2.02 bits per heavy atom. The number of amides is 3. The van der Waals surface area contributed by atoms with Gasteiger partial charge in [-0.05, 0) is 57.4 Å². The predicted molar refractivity (Wildman–Crippen MR) is 245 cm³/mol. The molecule has 1 aromatic rings. The second-order valence-corrected chi connectivity index (χ2v) is 21.6. The predicted octanol–water partition coefficient (Wildman–Crippen LogP) is 5.87. The average molecular weight is 891 g/mol. The molecule has 16 heteroatoms. The summed E-state index contributed by atoms with van der Waals surface area (Å²) >= 11 is 0. The first-order valence-corrected chi connectivity index (χ1v) is 24.6. The van der Waals surface area contributed by atoms with Gasteiger partial charge in [0.05, 0.1) is 30.7 Å². The van der Waals surface area contributed by atoms with Gasteiger partial charge in [-0.2, -0.15) is 0 Å². The molecule has 3 rings (SSSR count). The second-order valence-electron chi connectivity index (χ2n) is 19.0. The van der Waals surface area contributed by atoms with E-state index in [-0.39, 0.29) is 54.4 Å². The van der Waals surface area contributed by atoms with E-state index in [1.165, 1.54) is 6.66 Å². The monoisotopic (exact) mass is 891 g/mol. The van der Waals surface area contributed by atoms with Gasteiger partial charge in [-0.3, -0.25) is 18.9 Å². The number of likely N-dealkylation sites (N-methyl/N-ethyl adjacent to an activating group) is 1. The summed E-state index contributed by atoms with van der Waals surface area (Å²) in [5.41, 5.74) is -0.443. The quantitative estimate of drug-likeness (QED) is 0.101. The summed E-state index contributed by atoms with van der Waals surface area (Å²) in [6.07, 6.45) is 0.750. The zero-order valence-corrected chi connectivity index (χ0v) is 41.1. The van der Waals surface area contributed by atoms with Gasteiger partial charge in [0.2, 0.25) is 19.2 Å². The topological polar surface area (TPSA) is 162 Å². The van der Waals surface area contributed by atoms with E-state index in [2.05, 4.69) is 18.7 Å². The Morgan fingerprint density at radius 1 is 0.919 bits per heavy atom. The molecular weight excluding hydrogens is 812 g/mol.